The van der Waals surface area contributed by atoms with E-state index in [-0.39, 0.29) is 35.1 Å². The number of nitrogens with one attached hydrogen (secondary N) is 1. The van der Waals surface area contributed by atoms with Crippen LogP contribution in [0.5, 0.6) is 0 Å². The van der Waals surface area contributed by atoms with Crippen LogP contribution in [-0.2, 0) is 11.8 Å². The maximum atomic E-state index is 13.5. The lowest BCUT2D eigenvalue weighted by Gasteiger charge is -2.37. The molecular formula is C19H18F5NO2. The Labute approximate surface area is 151 Å². The van der Waals surface area contributed by atoms with E-state index in [9.17, 15) is 31.9 Å². The third-order valence-corrected chi connectivity index (χ3v) is 4.92. The first kappa shape index (κ1) is 19.5. The highest BCUT2D eigenvalue weighted by Crippen LogP contribution is 2.47. The number of hydrogen-bond acceptors (Lipinski definition) is 2. The molecule has 1 aromatic heterocycles. The van der Waals surface area contributed by atoms with Crippen molar-refractivity contribution in [1.29, 1.82) is 0 Å². The second-order valence-corrected chi connectivity index (χ2v) is 7.06. The molecule has 0 amide bonds. The fraction of sp³-hybridized carbons (Fsp3) is 0.421. The van der Waals surface area contributed by atoms with Gasteiger partial charge < -0.3 is 10.1 Å². The van der Waals surface area contributed by atoms with Crippen LogP contribution in [0, 0.1) is 6.92 Å². The second-order valence-electron chi connectivity index (χ2n) is 7.06. The average Bonchev–Trinajstić information content (AvgIpc) is 2.56. The van der Waals surface area contributed by atoms with Crippen LogP contribution in [0.2, 0.25) is 0 Å². The van der Waals surface area contributed by atoms with Crippen molar-refractivity contribution in [1.82, 2.24) is 4.98 Å². The van der Waals surface area contributed by atoms with Gasteiger partial charge in [-0.3, -0.25) is 4.79 Å². The zero-order valence-electron chi connectivity index (χ0n) is 14.5. The second kappa shape index (κ2) is 6.44. The Morgan fingerprint density at radius 3 is 2.22 bits per heavy atom. The van der Waals surface area contributed by atoms with Gasteiger partial charge in [0.25, 0.3) is 0 Å². The number of pyridine rings is 1. The van der Waals surface area contributed by atoms with E-state index in [0.29, 0.717) is 5.69 Å². The molecule has 1 heterocycles. The van der Waals surface area contributed by atoms with Crippen LogP contribution in [0.4, 0.5) is 22.0 Å². The summed E-state index contributed by atoms with van der Waals surface area (Å²) in [6.45, 7) is 1.62. The topological polar surface area (TPSA) is 53.1 Å². The Morgan fingerprint density at radius 2 is 1.67 bits per heavy atom. The fourth-order valence-corrected chi connectivity index (χ4v) is 3.47. The van der Waals surface area contributed by atoms with E-state index in [4.69, 9.17) is 0 Å². The molecule has 2 aromatic rings. The maximum Gasteiger partial charge on any atom is 0.416 e. The highest BCUT2D eigenvalue weighted by atomic mass is 19.4. The Hall–Kier alpha value is -2.22. The molecule has 0 spiro atoms. The van der Waals surface area contributed by atoms with E-state index in [0.717, 1.165) is 18.2 Å². The molecule has 146 valence electrons. The molecule has 27 heavy (non-hydrogen) atoms. The number of aromatic nitrogens is 1. The molecule has 1 fully saturated rings. The fourth-order valence-electron chi connectivity index (χ4n) is 3.47. The summed E-state index contributed by atoms with van der Waals surface area (Å²) in [5.41, 5.74) is -2.36. The van der Waals surface area contributed by atoms with Gasteiger partial charge in [-0.05, 0) is 37.5 Å². The predicted molar refractivity (Wildman–Crippen MR) is 89.5 cm³/mol. The molecule has 0 radical (unpaired) electrons. The van der Waals surface area contributed by atoms with Crippen molar-refractivity contribution in [2.45, 2.75) is 50.3 Å². The standard InChI is InChI=1S/C19H18F5NO2/c1-11-8-13(26)10-16(25-11)14-3-2-12(19(22,23)24)9-15(14)17(27)4-6-18(20,21)7-5-17/h2-3,8-10,27H,4-7H2,1H3,(H,25,26). The van der Waals surface area contributed by atoms with Gasteiger partial charge in [-0.2, -0.15) is 13.2 Å². The number of aryl methyl sites for hydroxylation is 1. The van der Waals surface area contributed by atoms with Crippen LogP contribution < -0.4 is 5.43 Å². The Bertz CT molecular complexity index is 907. The van der Waals surface area contributed by atoms with E-state index >= 15 is 0 Å². The number of aliphatic hydroxyl groups is 1. The number of hydrogen-bond donors (Lipinski definition) is 2. The molecule has 1 aliphatic rings. The highest BCUT2D eigenvalue weighted by molar-refractivity contribution is 5.66. The van der Waals surface area contributed by atoms with E-state index < -0.39 is 36.1 Å². The lowest BCUT2D eigenvalue weighted by atomic mass is 9.75. The quantitative estimate of drug-likeness (QED) is 0.730. The number of aromatic amines is 1. The summed E-state index contributed by atoms with van der Waals surface area (Å²) in [4.78, 5) is 14.7. The summed E-state index contributed by atoms with van der Waals surface area (Å²) in [5.74, 6) is -2.95. The van der Waals surface area contributed by atoms with Gasteiger partial charge in [-0.1, -0.05) is 6.07 Å². The highest BCUT2D eigenvalue weighted by Gasteiger charge is 2.45. The van der Waals surface area contributed by atoms with Gasteiger partial charge >= 0.3 is 6.18 Å². The smallest absolute Gasteiger partial charge is 0.385 e. The molecule has 0 unspecified atom stereocenters. The van der Waals surface area contributed by atoms with Gasteiger partial charge in [0.05, 0.1) is 11.2 Å². The zero-order chi connectivity index (χ0) is 20.0. The minimum Gasteiger partial charge on any atom is -0.385 e. The van der Waals surface area contributed by atoms with Crippen molar-refractivity contribution in [3.05, 3.63) is 57.4 Å². The molecule has 3 nitrogen and oxygen atoms in total. The van der Waals surface area contributed by atoms with Gasteiger partial charge in [0.2, 0.25) is 5.92 Å². The van der Waals surface area contributed by atoms with Crippen molar-refractivity contribution in [2.75, 3.05) is 0 Å². The molecule has 8 heteroatoms. The number of halogens is 5. The Morgan fingerprint density at radius 1 is 1.04 bits per heavy atom. The molecule has 0 saturated heterocycles. The normalized spacial score (nSPS) is 19.1. The maximum absolute atomic E-state index is 13.5. The summed E-state index contributed by atoms with van der Waals surface area (Å²) in [5, 5.41) is 11.0. The van der Waals surface area contributed by atoms with E-state index in [1.807, 2.05) is 0 Å². The minimum atomic E-state index is -4.65. The first-order valence-electron chi connectivity index (χ1n) is 8.43. The van der Waals surface area contributed by atoms with Crippen LogP contribution in [0.1, 0.15) is 42.5 Å². The molecule has 1 saturated carbocycles. The molecule has 0 bridgehead atoms. The third-order valence-electron chi connectivity index (χ3n) is 4.92. The Kier molecular flexibility index (Phi) is 4.66. The summed E-state index contributed by atoms with van der Waals surface area (Å²) in [7, 11) is 0. The number of H-pyrrole nitrogens is 1. The van der Waals surface area contributed by atoms with Gasteiger partial charge in [0.15, 0.2) is 5.43 Å². The lowest BCUT2D eigenvalue weighted by molar-refractivity contribution is -0.138. The summed E-state index contributed by atoms with van der Waals surface area (Å²) < 4.78 is 66.6. The van der Waals surface area contributed by atoms with E-state index in [2.05, 4.69) is 4.98 Å². The van der Waals surface area contributed by atoms with Gasteiger partial charge in [0, 0.05) is 41.9 Å². The molecule has 1 aliphatic carbocycles. The summed E-state index contributed by atoms with van der Waals surface area (Å²) in [6.07, 6.45) is -6.63. The van der Waals surface area contributed by atoms with Crippen LogP contribution in [0.15, 0.2) is 35.1 Å². The predicted octanol–water partition coefficient (Wildman–Crippen LogP) is 4.77. The van der Waals surface area contributed by atoms with Crippen molar-refractivity contribution in [2.24, 2.45) is 0 Å². The van der Waals surface area contributed by atoms with Gasteiger partial charge in [0.1, 0.15) is 0 Å². The number of alkyl halides is 5. The SMILES string of the molecule is Cc1cc(=O)cc(-c2ccc(C(F)(F)F)cc2C2(O)CCC(F)(F)CC2)[nH]1. The average molecular weight is 387 g/mol. The van der Waals surface area contributed by atoms with Crippen LogP contribution in [0.25, 0.3) is 11.3 Å². The summed E-state index contributed by atoms with van der Waals surface area (Å²) in [6, 6.07) is 5.33. The van der Waals surface area contributed by atoms with Crippen molar-refractivity contribution >= 4 is 0 Å². The van der Waals surface area contributed by atoms with Crippen molar-refractivity contribution < 1.29 is 27.1 Å². The molecule has 2 N–H and O–H groups in total. The van der Waals surface area contributed by atoms with Crippen LogP contribution in [-0.4, -0.2) is 16.0 Å². The molecule has 0 atom stereocenters. The third kappa shape index (κ3) is 4.05. The Balaban J connectivity index is 2.18. The van der Waals surface area contributed by atoms with Crippen molar-refractivity contribution in [3.63, 3.8) is 0 Å². The summed E-state index contributed by atoms with van der Waals surface area (Å²) >= 11 is 0. The van der Waals surface area contributed by atoms with Gasteiger partial charge in [-0.25, -0.2) is 8.78 Å². The van der Waals surface area contributed by atoms with Crippen molar-refractivity contribution in [3.8, 4) is 11.3 Å². The monoisotopic (exact) mass is 387 g/mol. The minimum absolute atomic E-state index is 0.103. The van der Waals surface area contributed by atoms with Crippen LogP contribution in [0.3, 0.4) is 0 Å². The molecule has 1 aromatic carbocycles. The first-order chi connectivity index (χ1) is 12.4. The van der Waals surface area contributed by atoms with Crippen LogP contribution >= 0.6 is 0 Å². The number of rotatable bonds is 2. The first-order valence-corrected chi connectivity index (χ1v) is 8.43. The van der Waals surface area contributed by atoms with Gasteiger partial charge in [-0.15, -0.1) is 0 Å². The zero-order valence-corrected chi connectivity index (χ0v) is 14.5. The number of benzene rings is 1. The van der Waals surface area contributed by atoms with E-state index in [1.165, 1.54) is 12.1 Å². The van der Waals surface area contributed by atoms with E-state index in [1.54, 1.807) is 6.92 Å². The molecule has 3 rings (SSSR count). The molecular weight excluding hydrogens is 369 g/mol. The molecule has 0 aliphatic heterocycles. The largest absolute Gasteiger partial charge is 0.416 e. The lowest BCUT2D eigenvalue weighted by Crippen LogP contribution is -2.37.